The van der Waals surface area contributed by atoms with E-state index in [1.54, 1.807) is 6.92 Å². The lowest BCUT2D eigenvalue weighted by atomic mass is 10.2. The van der Waals surface area contributed by atoms with E-state index in [2.05, 4.69) is 14.9 Å². The zero-order valence-electron chi connectivity index (χ0n) is 15.0. The van der Waals surface area contributed by atoms with Crippen LogP contribution in [0.4, 0.5) is 5.00 Å². The van der Waals surface area contributed by atoms with Gasteiger partial charge in [0.25, 0.3) is 5.91 Å². The number of anilines is 1. The molecule has 1 aliphatic heterocycles. The SMILES string of the molecule is CCOC(=O)c1nnsc1NC(=O)c1cccc(S(=O)(=O)N2CCOCC2)c1. The largest absolute Gasteiger partial charge is 0.461 e. The van der Waals surface area contributed by atoms with E-state index in [4.69, 9.17) is 9.47 Å². The predicted octanol–water partition coefficient (Wildman–Crippen LogP) is 0.988. The Morgan fingerprint density at radius 1 is 1.32 bits per heavy atom. The second-order valence-corrected chi connectivity index (χ2v) is 8.36. The van der Waals surface area contributed by atoms with E-state index in [9.17, 15) is 18.0 Å². The molecule has 0 unspecified atom stereocenters. The number of nitrogens with zero attached hydrogens (tertiary/aromatic N) is 3. The summed E-state index contributed by atoms with van der Waals surface area (Å²) < 4.78 is 40.5. The fraction of sp³-hybridized carbons (Fsp3) is 0.375. The number of esters is 1. The van der Waals surface area contributed by atoms with Crippen LogP contribution in [-0.2, 0) is 19.5 Å². The van der Waals surface area contributed by atoms with Gasteiger partial charge in [0.15, 0.2) is 5.00 Å². The molecule has 10 nitrogen and oxygen atoms in total. The molecule has 0 aliphatic carbocycles. The van der Waals surface area contributed by atoms with Crippen molar-refractivity contribution in [2.75, 3.05) is 38.2 Å². The first-order chi connectivity index (χ1) is 13.4. The zero-order valence-corrected chi connectivity index (χ0v) is 16.6. The van der Waals surface area contributed by atoms with E-state index in [1.165, 1.54) is 28.6 Å². The number of sulfonamides is 1. The fourth-order valence-electron chi connectivity index (χ4n) is 2.51. The smallest absolute Gasteiger partial charge is 0.362 e. The van der Waals surface area contributed by atoms with Gasteiger partial charge in [-0.15, -0.1) is 5.10 Å². The van der Waals surface area contributed by atoms with Crippen molar-refractivity contribution in [3.8, 4) is 0 Å². The van der Waals surface area contributed by atoms with Crippen LogP contribution >= 0.6 is 11.5 Å². The molecule has 1 saturated heterocycles. The third kappa shape index (κ3) is 4.35. The van der Waals surface area contributed by atoms with E-state index in [-0.39, 0.29) is 40.9 Å². The van der Waals surface area contributed by atoms with Crippen molar-refractivity contribution in [3.63, 3.8) is 0 Å². The number of morpholine rings is 1. The van der Waals surface area contributed by atoms with Crippen molar-refractivity contribution in [1.29, 1.82) is 0 Å². The summed E-state index contributed by atoms with van der Waals surface area (Å²) in [5.74, 6) is -1.29. The summed E-state index contributed by atoms with van der Waals surface area (Å²) in [5, 5.41) is 6.32. The van der Waals surface area contributed by atoms with Crippen LogP contribution < -0.4 is 5.32 Å². The first-order valence-corrected chi connectivity index (χ1v) is 10.6. The third-order valence-corrected chi connectivity index (χ3v) is 6.42. The van der Waals surface area contributed by atoms with Gasteiger partial charge in [0.05, 0.1) is 24.7 Å². The van der Waals surface area contributed by atoms with Crippen LogP contribution in [0, 0.1) is 0 Å². The maximum absolute atomic E-state index is 12.8. The lowest BCUT2D eigenvalue weighted by molar-refractivity contribution is 0.0520. The molecule has 2 aromatic rings. The molecule has 150 valence electrons. The Morgan fingerprint density at radius 3 is 2.79 bits per heavy atom. The number of carbonyl (C=O) groups is 2. The lowest BCUT2D eigenvalue weighted by Crippen LogP contribution is -2.40. The van der Waals surface area contributed by atoms with Gasteiger partial charge in [0, 0.05) is 30.2 Å². The highest BCUT2D eigenvalue weighted by Crippen LogP contribution is 2.22. The summed E-state index contributed by atoms with van der Waals surface area (Å²) in [6.07, 6.45) is 0. The first kappa shape index (κ1) is 20.3. The number of aromatic nitrogens is 2. The Hall–Kier alpha value is -2.41. The number of nitrogens with one attached hydrogen (secondary N) is 1. The maximum Gasteiger partial charge on any atom is 0.362 e. The van der Waals surface area contributed by atoms with E-state index in [0.29, 0.717) is 13.2 Å². The topological polar surface area (TPSA) is 128 Å². The Bertz CT molecular complexity index is 969. The quantitative estimate of drug-likeness (QED) is 0.677. The number of benzene rings is 1. The molecule has 1 aromatic carbocycles. The Kier molecular flexibility index (Phi) is 6.34. The van der Waals surface area contributed by atoms with Gasteiger partial charge < -0.3 is 14.8 Å². The van der Waals surface area contributed by atoms with Crippen LogP contribution in [0.1, 0.15) is 27.8 Å². The molecule has 0 bridgehead atoms. The minimum Gasteiger partial charge on any atom is -0.461 e. The molecular formula is C16H18N4O6S2. The Labute approximate surface area is 165 Å². The Morgan fingerprint density at radius 2 is 2.07 bits per heavy atom. The van der Waals surface area contributed by atoms with E-state index < -0.39 is 21.9 Å². The number of rotatable bonds is 6. The van der Waals surface area contributed by atoms with Crippen molar-refractivity contribution in [2.45, 2.75) is 11.8 Å². The molecule has 0 spiro atoms. The van der Waals surface area contributed by atoms with Gasteiger partial charge in [-0.1, -0.05) is 10.6 Å². The highest BCUT2D eigenvalue weighted by Gasteiger charge is 2.27. The number of hydrogen-bond donors (Lipinski definition) is 1. The molecule has 1 N–H and O–H groups in total. The van der Waals surface area contributed by atoms with Crippen molar-refractivity contribution >= 4 is 38.4 Å². The van der Waals surface area contributed by atoms with Crippen molar-refractivity contribution in [3.05, 3.63) is 35.5 Å². The van der Waals surface area contributed by atoms with Crippen molar-refractivity contribution in [1.82, 2.24) is 13.9 Å². The number of hydrogen-bond acceptors (Lipinski definition) is 9. The van der Waals surface area contributed by atoms with Crippen LogP contribution in [0.25, 0.3) is 0 Å². The third-order valence-electron chi connectivity index (χ3n) is 3.89. The zero-order chi connectivity index (χ0) is 20.1. The van der Waals surface area contributed by atoms with E-state index in [1.807, 2.05) is 0 Å². The first-order valence-electron chi connectivity index (χ1n) is 8.42. The van der Waals surface area contributed by atoms with Crippen molar-refractivity contribution < 1.29 is 27.5 Å². The van der Waals surface area contributed by atoms with Crippen LogP contribution in [-0.4, -0.2) is 67.1 Å². The second-order valence-electron chi connectivity index (χ2n) is 5.67. The summed E-state index contributed by atoms with van der Waals surface area (Å²) in [6.45, 7) is 2.98. The molecule has 0 atom stereocenters. The molecule has 2 heterocycles. The number of carbonyl (C=O) groups excluding carboxylic acids is 2. The average molecular weight is 426 g/mol. The highest BCUT2D eigenvalue weighted by atomic mass is 32.2. The minimum absolute atomic E-state index is 0.00935. The average Bonchev–Trinajstić information content (AvgIpc) is 3.17. The summed E-state index contributed by atoms with van der Waals surface area (Å²) >= 11 is 0.825. The maximum atomic E-state index is 12.8. The molecule has 1 aliphatic rings. The molecule has 1 fully saturated rings. The molecular weight excluding hydrogens is 408 g/mol. The second kappa shape index (κ2) is 8.73. The summed E-state index contributed by atoms with van der Waals surface area (Å²) in [4.78, 5) is 24.4. The van der Waals surface area contributed by atoms with Gasteiger partial charge in [0.2, 0.25) is 15.7 Å². The van der Waals surface area contributed by atoms with Crippen LogP contribution in [0.3, 0.4) is 0 Å². The predicted molar refractivity (Wildman–Crippen MR) is 99.8 cm³/mol. The van der Waals surface area contributed by atoms with Gasteiger partial charge in [-0.05, 0) is 25.1 Å². The van der Waals surface area contributed by atoms with Crippen molar-refractivity contribution in [2.24, 2.45) is 0 Å². The highest BCUT2D eigenvalue weighted by molar-refractivity contribution is 7.89. The molecule has 1 aromatic heterocycles. The normalized spacial score (nSPS) is 15.2. The molecule has 0 saturated carbocycles. The molecule has 1 amide bonds. The van der Waals surface area contributed by atoms with Gasteiger partial charge in [-0.25, -0.2) is 13.2 Å². The monoisotopic (exact) mass is 426 g/mol. The molecule has 3 rings (SSSR count). The van der Waals surface area contributed by atoms with Gasteiger partial charge in [0.1, 0.15) is 0 Å². The van der Waals surface area contributed by atoms with Gasteiger partial charge in [-0.2, -0.15) is 4.31 Å². The fourth-order valence-corrected chi connectivity index (χ4v) is 4.52. The minimum atomic E-state index is -3.73. The van der Waals surface area contributed by atoms with Gasteiger partial charge >= 0.3 is 5.97 Å². The molecule has 12 heteroatoms. The Balaban J connectivity index is 1.80. The molecule has 0 radical (unpaired) electrons. The standard InChI is InChI=1S/C16H18N4O6S2/c1-2-26-16(22)13-15(27-19-18-13)17-14(21)11-4-3-5-12(10-11)28(23,24)20-6-8-25-9-7-20/h3-5,10H,2,6-9H2,1H3,(H,17,21). The van der Waals surface area contributed by atoms with Gasteiger partial charge in [-0.3, -0.25) is 4.79 Å². The summed E-state index contributed by atoms with van der Waals surface area (Å²) in [7, 11) is -3.73. The van der Waals surface area contributed by atoms with E-state index >= 15 is 0 Å². The van der Waals surface area contributed by atoms with E-state index in [0.717, 1.165) is 11.5 Å². The number of amides is 1. The summed E-state index contributed by atoms with van der Waals surface area (Å²) in [5.41, 5.74) is 0.0230. The van der Waals surface area contributed by atoms with Crippen LogP contribution in [0.15, 0.2) is 29.2 Å². The lowest BCUT2D eigenvalue weighted by Gasteiger charge is -2.26. The number of ether oxygens (including phenoxy) is 2. The van der Waals surface area contributed by atoms with Crippen LogP contribution in [0.5, 0.6) is 0 Å². The summed E-state index contributed by atoms with van der Waals surface area (Å²) in [6, 6.07) is 5.68. The molecule has 28 heavy (non-hydrogen) atoms. The van der Waals surface area contributed by atoms with Crippen LogP contribution in [0.2, 0.25) is 0 Å².